The molecule has 0 heterocycles. The highest BCUT2D eigenvalue weighted by atomic mass is 16.6. The van der Waals surface area contributed by atoms with Gasteiger partial charge in [0.2, 0.25) is 0 Å². The van der Waals surface area contributed by atoms with Gasteiger partial charge in [-0.1, -0.05) is 24.3 Å². The van der Waals surface area contributed by atoms with E-state index >= 15 is 0 Å². The van der Waals surface area contributed by atoms with Crippen LogP contribution in [0.25, 0.3) is 0 Å². The number of para-hydroxylation sites is 2. The van der Waals surface area contributed by atoms with E-state index in [1.165, 1.54) is 0 Å². The minimum Gasteiger partial charge on any atom is -0.380 e. The topological polar surface area (TPSA) is 67.2 Å². The predicted molar refractivity (Wildman–Crippen MR) is 81.7 cm³/mol. The summed E-state index contributed by atoms with van der Waals surface area (Å²) in [6.07, 6.45) is 0. The van der Waals surface area contributed by atoms with Gasteiger partial charge in [0.05, 0.1) is 4.92 Å². The van der Waals surface area contributed by atoms with Gasteiger partial charge in [0.25, 0.3) is 0 Å². The van der Waals surface area contributed by atoms with Gasteiger partial charge in [0.15, 0.2) is 0 Å². The van der Waals surface area contributed by atoms with Gasteiger partial charge in [-0.15, -0.1) is 0 Å². The zero-order valence-corrected chi connectivity index (χ0v) is 11.5. The Kier molecular flexibility index (Phi) is 4.20. The second kappa shape index (κ2) is 6.06. The Morgan fingerprint density at radius 3 is 2.35 bits per heavy atom. The van der Waals surface area contributed by atoms with Crippen molar-refractivity contribution in [1.29, 1.82) is 0 Å². The first-order valence-electron chi connectivity index (χ1n) is 6.47. The number of hydrogen-bond acceptors (Lipinski definition) is 4. The molecule has 2 aromatic carbocycles. The number of nitro benzene ring substituents is 1. The molecule has 5 heteroatoms. The van der Waals surface area contributed by atoms with Crippen molar-refractivity contribution < 1.29 is 4.92 Å². The number of aryl methyl sites for hydroxylation is 1. The first-order valence-corrected chi connectivity index (χ1v) is 6.47. The molecule has 104 valence electrons. The molecule has 0 aliphatic carbocycles. The van der Waals surface area contributed by atoms with Crippen LogP contribution in [0.15, 0.2) is 42.5 Å². The molecule has 0 saturated heterocycles. The molecule has 0 aliphatic heterocycles. The van der Waals surface area contributed by atoms with E-state index in [9.17, 15) is 10.1 Å². The molecule has 0 amide bonds. The molecule has 0 aliphatic rings. The number of hydrogen-bond donors (Lipinski definition) is 2. The fourth-order valence-electron chi connectivity index (χ4n) is 2.03. The smallest absolute Gasteiger partial charge is 0.315 e. The average Bonchev–Trinajstić information content (AvgIpc) is 2.41. The Hall–Kier alpha value is -2.56. The highest BCUT2D eigenvalue weighted by molar-refractivity contribution is 5.80. The van der Waals surface area contributed by atoms with Crippen molar-refractivity contribution >= 4 is 22.7 Å². The minimum atomic E-state index is -0.362. The lowest BCUT2D eigenvalue weighted by Crippen LogP contribution is -2.04. The third-order valence-corrected chi connectivity index (χ3v) is 3.00. The van der Waals surface area contributed by atoms with Crippen LogP contribution in [0.1, 0.15) is 12.5 Å². The van der Waals surface area contributed by atoms with Gasteiger partial charge in [0.1, 0.15) is 11.4 Å². The monoisotopic (exact) mass is 271 g/mol. The molecular weight excluding hydrogens is 254 g/mol. The van der Waals surface area contributed by atoms with Crippen LogP contribution in [-0.4, -0.2) is 11.5 Å². The van der Waals surface area contributed by atoms with E-state index in [4.69, 9.17) is 0 Å². The zero-order valence-electron chi connectivity index (χ0n) is 11.5. The summed E-state index contributed by atoms with van der Waals surface area (Å²) in [6, 6.07) is 12.9. The van der Waals surface area contributed by atoms with Gasteiger partial charge < -0.3 is 10.6 Å². The van der Waals surface area contributed by atoms with Gasteiger partial charge in [-0.25, -0.2) is 0 Å². The quantitative estimate of drug-likeness (QED) is 0.635. The molecule has 2 aromatic rings. The van der Waals surface area contributed by atoms with Crippen molar-refractivity contribution in [2.24, 2.45) is 0 Å². The van der Waals surface area contributed by atoms with E-state index < -0.39 is 0 Å². The van der Waals surface area contributed by atoms with E-state index in [0.717, 1.165) is 11.3 Å². The van der Waals surface area contributed by atoms with E-state index in [1.807, 2.05) is 38.1 Å². The Morgan fingerprint density at radius 2 is 1.70 bits per heavy atom. The maximum absolute atomic E-state index is 11.3. The van der Waals surface area contributed by atoms with E-state index in [-0.39, 0.29) is 10.6 Å². The summed E-state index contributed by atoms with van der Waals surface area (Å²) >= 11 is 0. The molecule has 5 nitrogen and oxygen atoms in total. The van der Waals surface area contributed by atoms with Crippen LogP contribution in [-0.2, 0) is 0 Å². The number of nitrogens with one attached hydrogen (secondary N) is 2. The lowest BCUT2D eigenvalue weighted by Gasteiger charge is -2.12. The molecular formula is C15H17N3O2. The third-order valence-electron chi connectivity index (χ3n) is 3.00. The van der Waals surface area contributed by atoms with Gasteiger partial charge in [-0.05, 0) is 37.6 Å². The van der Waals surface area contributed by atoms with Crippen molar-refractivity contribution in [2.45, 2.75) is 13.8 Å². The zero-order chi connectivity index (χ0) is 14.5. The van der Waals surface area contributed by atoms with Crippen molar-refractivity contribution in [1.82, 2.24) is 0 Å². The van der Waals surface area contributed by atoms with Crippen molar-refractivity contribution in [3.8, 4) is 0 Å². The van der Waals surface area contributed by atoms with Gasteiger partial charge in [0, 0.05) is 12.2 Å². The highest BCUT2D eigenvalue weighted by Crippen LogP contribution is 2.35. The van der Waals surface area contributed by atoms with Crippen LogP contribution in [0.2, 0.25) is 0 Å². The summed E-state index contributed by atoms with van der Waals surface area (Å²) in [5, 5.41) is 17.5. The summed E-state index contributed by atoms with van der Waals surface area (Å²) in [5.41, 5.74) is 2.98. The summed E-state index contributed by atoms with van der Waals surface area (Å²) in [6.45, 7) is 4.50. The Bertz CT molecular complexity index is 626. The highest BCUT2D eigenvalue weighted by Gasteiger charge is 2.19. The van der Waals surface area contributed by atoms with E-state index in [2.05, 4.69) is 10.6 Å². The van der Waals surface area contributed by atoms with Crippen LogP contribution in [0, 0.1) is 17.0 Å². The van der Waals surface area contributed by atoms with Gasteiger partial charge in [-0.3, -0.25) is 10.1 Å². The van der Waals surface area contributed by atoms with E-state index in [0.29, 0.717) is 17.9 Å². The van der Waals surface area contributed by atoms with Crippen LogP contribution in [0.3, 0.4) is 0 Å². The Morgan fingerprint density at radius 1 is 1.05 bits per heavy atom. The van der Waals surface area contributed by atoms with Crippen molar-refractivity contribution in [3.63, 3.8) is 0 Å². The largest absolute Gasteiger partial charge is 0.380 e. The SMILES string of the molecule is CCNc1cccc(Nc2ccccc2C)c1[N+](=O)[O-]. The molecule has 0 bridgehead atoms. The molecule has 0 spiro atoms. The van der Waals surface area contributed by atoms with Gasteiger partial charge in [-0.2, -0.15) is 0 Å². The first kappa shape index (κ1) is 13.9. The van der Waals surface area contributed by atoms with Crippen LogP contribution >= 0.6 is 0 Å². The van der Waals surface area contributed by atoms with Crippen molar-refractivity contribution in [3.05, 3.63) is 58.1 Å². The van der Waals surface area contributed by atoms with Crippen LogP contribution in [0.5, 0.6) is 0 Å². The maximum atomic E-state index is 11.3. The summed E-state index contributed by atoms with van der Waals surface area (Å²) < 4.78 is 0. The van der Waals surface area contributed by atoms with E-state index in [1.54, 1.807) is 18.2 Å². The molecule has 0 fully saturated rings. The maximum Gasteiger partial charge on any atom is 0.315 e. The normalized spacial score (nSPS) is 10.1. The van der Waals surface area contributed by atoms with Crippen molar-refractivity contribution in [2.75, 3.05) is 17.2 Å². The lowest BCUT2D eigenvalue weighted by atomic mass is 10.1. The first-order chi connectivity index (χ1) is 9.63. The molecule has 0 atom stereocenters. The number of benzene rings is 2. The fraction of sp³-hybridized carbons (Fsp3) is 0.200. The average molecular weight is 271 g/mol. The molecule has 2 rings (SSSR count). The Labute approximate surface area is 117 Å². The molecule has 0 radical (unpaired) electrons. The summed E-state index contributed by atoms with van der Waals surface area (Å²) in [5.74, 6) is 0. The third kappa shape index (κ3) is 2.88. The second-order valence-electron chi connectivity index (χ2n) is 4.43. The molecule has 0 aromatic heterocycles. The molecule has 0 saturated carbocycles. The second-order valence-corrected chi connectivity index (χ2v) is 4.43. The van der Waals surface area contributed by atoms with Crippen LogP contribution < -0.4 is 10.6 Å². The number of nitrogens with zero attached hydrogens (tertiary/aromatic N) is 1. The number of rotatable bonds is 5. The molecule has 0 unspecified atom stereocenters. The fourth-order valence-corrected chi connectivity index (χ4v) is 2.03. The number of nitro groups is 1. The number of anilines is 3. The standard InChI is InChI=1S/C15H17N3O2/c1-3-16-13-9-6-10-14(15(13)18(19)20)17-12-8-5-4-7-11(12)2/h4-10,16-17H,3H2,1-2H3. The predicted octanol–water partition coefficient (Wildman–Crippen LogP) is 4.08. The molecule has 2 N–H and O–H groups in total. The summed E-state index contributed by atoms with van der Waals surface area (Å²) in [7, 11) is 0. The lowest BCUT2D eigenvalue weighted by molar-refractivity contribution is -0.383. The Balaban J connectivity index is 2.44. The van der Waals surface area contributed by atoms with Gasteiger partial charge >= 0.3 is 5.69 Å². The van der Waals surface area contributed by atoms with Crippen LogP contribution in [0.4, 0.5) is 22.7 Å². The minimum absolute atomic E-state index is 0.0672. The summed E-state index contributed by atoms with van der Waals surface area (Å²) in [4.78, 5) is 11.0. The molecule has 20 heavy (non-hydrogen) atoms.